The molecule has 0 saturated heterocycles. The van der Waals surface area contributed by atoms with Crippen molar-refractivity contribution < 1.29 is 9.59 Å². The zero-order valence-electron chi connectivity index (χ0n) is 11.3. The molecular weight excluding hydrogens is 254 g/mol. The van der Waals surface area contributed by atoms with Gasteiger partial charge in [-0.1, -0.05) is 24.3 Å². The van der Waals surface area contributed by atoms with Crippen molar-refractivity contribution in [3.05, 3.63) is 47.1 Å². The predicted molar refractivity (Wildman–Crippen MR) is 75.5 cm³/mol. The van der Waals surface area contributed by atoms with E-state index < -0.39 is 0 Å². The Bertz CT molecular complexity index is 580. The molecule has 0 unspecified atom stereocenters. The van der Waals surface area contributed by atoms with Crippen LogP contribution in [0.2, 0.25) is 0 Å². The number of carbonyl (C=O) groups is 2. The van der Waals surface area contributed by atoms with Crippen molar-refractivity contribution in [1.29, 1.82) is 0 Å². The molecule has 0 aromatic rings. The van der Waals surface area contributed by atoms with E-state index in [9.17, 15) is 9.59 Å². The standard InChI is InChI=1S/C15H17N3O2/c1-16-15(20)18(11-5-3-6-11)17-14(19)13-9-8-10-4-2-7-12(10)13/h2,4,7-9,11H,3,5-6H2,1H3,(H,16,20)(H,17,19). The highest BCUT2D eigenvalue weighted by Gasteiger charge is 2.31. The molecule has 3 rings (SSSR count). The van der Waals surface area contributed by atoms with Gasteiger partial charge in [-0.05, 0) is 36.5 Å². The second-order valence-electron chi connectivity index (χ2n) is 5.09. The van der Waals surface area contributed by atoms with Crippen molar-refractivity contribution in [3.8, 4) is 0 Å². The van der Waals surface area contributed by atoms with E-state index in [2.05, 4.69) is 10.7 Å². The van der Waals surface area contributed by atoms with Gasteiger partial charge in [-0.2, -0.15) is 0 Å². The Morgan fingerprint density at radius 3 is 2.70 bits per heavy atom. The molecule has 3 amide bonds. The molecule has 3 aliphatic rings. The molecule has 0 bridgehead atoms. The van der Waals surface area contributed by atoms with Gasteiger partial charge in [-0.25, -0.2) is 9.80 Å². The molecule has 0 aromatic heterocycles. The largest absolute Gasteiger partial charge is 0.340 e. The minimum absolute atomic E-state index is 0.101. The highest BCUT2D eigenvalue weighted by molar-refractivity contribution is 6.01. The summed E-state index contributed by atoms with van der Waals surface area (Å²) >= 11 is 0. The third-order valence-electron chi connectivity index (χ3n) is 3.91. The molecule has 2 N–H and O–H groups in total. The van der Waals surface area contributed by atoms with Crippen molar-refractivity contribution in [2.45, 2.75) is 25.3 Å². The quantitative estimate of drug-likeness (QED) is 0.749. The van der Waals surface area contributed by atoms with Gasteiger partial charge in [0.25, 0.3) is 5.91 Å². The summed E-state index contributed by atoms with van der Waals surface area (Å²) < 4.78 is 0. The Morgan fingerprint density at radius 1 is 1.25 bits per heavy atom. The summed E-state index contributed by atoms with van der Waals surface area (Å²) in [6.45, 7) is 0. The van der Waals surface area contributed by atoms with Gasteiger partial charge < -0.3 is 5.32 Å². The number of amides is 3. The molecule has 5 heteroatoms. The normalized spacial score (nSPS) is 19.6. The van der Waals surface area contributed by atoms with Gasteiger partial charge in [0.2, 0.25) is 0 Å². The number of carbonyl (C=O) groups excluding carboxylic acids is 2. The number of hydrazine groups is 1. The highest BCUT2D eigenvalue weighted by Crippen LogP contribution is 2.30. The molecule has 0 aliphatic heterocycles. The van der Waals surface area contributed by atoms with Crippen LogP contribution in [0, 0.1) is 0 Å². The van der Waals surface area contributed by atoms with Gasteiger partial charge in [0.05, 0.1) is 6.04 Å². The Labute approximate surface area is 117 Å². The molecule has 0 spiro atoms. The first-order chi connectivity index (χ1) is 9.70. The van der Waals surface area contributed by atoms with Gasteiger partial charge in [0.1, 0.15) is 0 Å². The van der Waals surface area contributed by atoms with E-state index >= 15 is 0 Å². The number of hydrogen-bond acceptors (Lipinski definition) is 2. The number of fused-ring (bicyclic) bond motifs is 1. The topological polar surface area (TPSA) is 61.4 Å². The number of hydrogen-bond donors (Lipinski definition) is 2. The van der Waals surface area contributed by atoms with Crippen LogP contribution >= 0.6 is 0 Å². The lowest BCUT2D eigenvalue weighted by Gasteiger charge is -2.36. The molecule has 3 aliphatic carbocycles. The smallest absolute Gasteiger partial charge is 0.336 e. The monoisotopic (exact) mass is 271 g/mol. The predicted octanol–water partition coefficient (Wildman–Crippen LogP) is 1.57. The zero-order valence-corrected chi connectivity index (χ0v) is 11.3. The van der Waals surface area contributed by atoms with Gasteiger partial charge in [0, 0.05) is 12.6 Å². The van der Waals surface area contributed by atoms with E-state index in [1.54, 1.807) is 13.1 Å². The van der Waals surface area contributed by atoms with Crippen LogP contribution in [-0.4, -0.2) is 30.0 Å². The number of rotatable bonds is 2. The van der Waals surface area contributed by atoms with Gasteiger partial charge in [-0.3, -0.25) is 10.2 Å². The Balaban J connectivity index is 1.76. The summed E-state index contributed by atoms with van der Waals surface area (Å²) in [4.78, 5) is 24.2. The minimum Gasteiger partial charge on any atom is -0.340 e. The van der Waals surface area contributed by atoms with E-state index in [1.807, 2.05) is 24.3 Å². The van der Waals surface area contributed by atoms with Crippen LogP contribution in [-0.2, 0) is 4.79 Å². The highest BCUT2D eigenvalue weighted by atomic mass is 16.2. The summed E-state index contributed by atoms with van der Waals surface area (Å²) in [7, 11) is 1.57. The Kier molecular flexibility index (Phi) is 3.18. The fourth-order valence-electron chi connectivity index (χ4n) is 2.53. The zero-order chi connectivity index (χ0) is 14.1. The van der Waals surface area contributed by atoms with E-state index in [1.165, 1.54) is 5.01 Å². The van der Waals surface area contributed by atoms with Crippen molar-refractivity contribution >= 4 is 11.9 Å². The molecule has 0 heterocycles. The molecule has 1 fully saturated rings. The summed E-state index contributed by atoms with van der Waals surface area (Å²) in [5.41, 5.74) is 5.32. The second kappa shape index (κ2) is 5.00. The lowest BCUT2D eigenvalue weighted by molar-refractivity contribution is -0.122. The molecular formula is C15H17N3O2. The first-order valence-electron chi connectivity index (χ1n) is 6.83. The molecule has 104 valence electrons. The summed E-state index contributed by atoms with van der Waals surface area (Å²) in [5.74, 6) is -0.235. The first-order valence-corrected chi connectivity index (χ1v) is 6.83. The van der Waals surface area contributed by atoms with Crippen molar-refractivity contribution in [2.24, 2.45) is 0 Å². The van der Waals surface area contributed by atoms with E-state index in [0.29, 0.717) is 5.57 Å². The van der Waals surface area contributed by atoms with Gasteiger partial charge >= 0.3 is 6.03 Å². The lowest BCUT2D eigenvalue weighted by atomic mass is 9.93. The van der Waals surface area contributed by atoms with Crippen LogP contribution in [0.15, 0.2) is 47.1 Å². The van der Waals surface area contributed by atoms with Crippen LogP contribution in [0.1, 0.15) is 19.3 Å². The third kappa shape index (κ3) is 2.05. The summed E-state index contributed by atoms with van der Waals surface area (Å²) in [6, 6.07) is -0.169. The van der Waals surface area contributed by atoms with E-state index in [-0.39, 0.29) is 18.0 Å². The van der Waals surface area contributed by atoms with Crippen LogP contribution in [0.3, 0.4) is 0 Å². The van der Waals surface area contributed by atoms with Crippen LogP contribution < -0.4 is 10.7 Å². The molecule has 0 atom stereocenters. The van der Waals surface area contributed by atoms with E-state index in [0.717, 1.165) is 30.4 Å². The fourth-order valence-corrected chi connectivity index (χ4v) is 2.53. The third-order valence-corrected chi connectivity index (χ3v) is 3.91. The molecule has 0 radical (unpaired) electrons. The molecule has 1 saturated carbocycles. The Hall–Kier alpha value is -2.30. The number of nitrogens with zero attached hydrogens (tertiary/aromatic N) is 1. The van der Waals surface area contributed by atoms with Crippen molar-refractivity contribution in [3.63, 3.8) is 0 Å². The number of allylic oxidation sites excluding steroid dienone is 6. The summed E-state index contributed by atoms with van der Waals surface area (Å²) in [6.07, 6.45) is 12.5. The number of nitrogens with one attached hydrogen (secondary N) is 2. The molecule has 5 nitrogen and oxygen atoms in total. The number of urea groups is 1. The van der Waals surface area contributed by atoms with Crippen molar-refractivity contribution in [2.75, 3.05) is 7.05 Å². The molecule has 0 aromatic carbocycles. The van der Waals surface area contributed by atoms with Crippen molar-refractivity contribution in [1.82, 2.24) is 15.8 Å². The molecule has 20 heavy (non-hydrogen) atoms. The van der Waals surface area contributed by atoms with Crippen LogP contribution in [0.25, 0.3) is 0 Å². The van der Waals surface area contributed by atoms with Gasteiger partial charge in [-0.15, -0.1) is 0 Å². The lowest BCUT2D eigenvalue weighted by Crippen LogP contribution is -2.57. The average molecular weight is 271 g/mol. The fraction of sp³-hybridized carbons (Fsp3) is 0.333. The second-order valence-corrected chi connectivity index (χ2v) is 5.09. The average Bonchev–Trinajstić information content (AvgIpc) is 2.96. The maximum atomic E-state index is 12.4. The maximum absolute atomic E-state index is 12.4. The minimum atomic E-state index is -0.270. The SMILES string of the molecule is CNC(=O)N(NC(=O)C1=C2C=CC=C2C=C1)C1CCC1. The maximum Gasteiger partial charge on any atom is 0.336 e. The Morgan fingerprint density at radius 2 is 2.05 bits per heavy atom. The first kappa shape index (κ1) is 12.7. The summed E-state index contributed by atoms with van der Waals surface area (Å²) in [5, 5.41) is 3.99. The van der Waals surface area contributed by atoms with E-state index in [4.69, 9.17) is 0 Å². The van der Waals surface area contributed by atoms with Crippen LogP contribution in [0.4, 0.5) is 4.79 Å². The van der Waals surface area contributed by atoms with Gasteiger partial charge in [0.15, 0.2) is 0 Å². The van der Waals surface area contributed by atoms with Crippen LogP contribution in [0.5, 0.6) is 0 Å².